The molecule has 0 atom stereocenters. The number of carbonyl (C=O) groups is 2. The Morgan fingerprint density at radius 1 is 0.463 bits per heavy atom. The topological polar surface area (TPSA) is 80.3 Å². The average molecular weight is 616 g/mol. The van der Waals surface area contributed by atoms with E-state index in [4.69, 9.17) is 0 Å². The van der Waals surface area contributed by atoms with Gasteiger partial charge in [-0.1, -0.05) is 165 Å². The first-order valence-corrected chi connectivity index (χ1v) is 16.1. The fourth-order valence-electron chi connectivity index (χ4n) is 5.13. The Hall–Kier alpha value is -2.00. The van der Waals surface area contributed by atoms with Crippen LogP contribution in [0.3, 0.4) is 0 Å². The van der Waals surface area contributed by atoms with Gasteiger partial charge in [0.2, 0.25) is 0 Å². The quantitative estimate of drug-likeness (QED) is 0.0986. The number of hydrogen-bond donors (Lipinski definition) is 0. The molecule has 0 aliphatic heterocycles. The van der Waals surface area contributed by atoms with Crippen molar-refractivity contribution in [1.82, 2.24) is 0 Å². The van der Waals surface area contributed by atoms with Gasteiger partial charge in [0.1, 0.15) is 0 Å². The summed E-state index contributed by atoms with van der Waals surface area (Å²) in [5.41, 5.74) is 2.53. The first-order valence-electron chi connectivity index (χ1n) is 16.1. The van der Waals surface area contributed by atoms with Crippen LogP contribution in [0.4, 0.5) is 0 Å². The maximum Gasteiger partial charge on any atom is 2.00 e. The van der Waals surface area contributed by atoms with E-state index in [1.54, 1.807) is 24.3 Å². The van der Waals surface area contributed by atoms with Crippen LogP contribution in [0.15, 0.2) is 48.5 Å². The number of unbranched alkanes of at least 4 members (excludes halogenated alkanes) is 16. The predicted molar refractivity (Wildman–Crippen MR) is 163 cm³/mol. The summed E-state index contributed by atoms with van der Waals surface area (Å²) in [6, 6.07) is 14.4. The van der Waals surface area contributed by atoms with Gasteiger partial charge in [-0.2, -0.15) is 0 Å². The second kappa shape index (κ2) is 26.9. The minimum atomic E-state index is -1.06. The number of hydrogen-bond acceptors (Lipinski definition) is 4. The van der Waals surface area contributed by atoms with E-state index >= 15 is 0 Å². The van der Waals surface area contributed by atoms with E-state index in [-0.39, 0.29) is 19.5 Å². The van der Waals surface area contributed by atoms with Crippen LogP contribution >= 0.6 is 0 Å². The molecule has 5 heteroatoms. The van der Waals surface area contributed by atoms with Crippen LogP contribution in [0.1, 0.15) is 161 Å². The number of aryl methyl sites for hydroxylation is 2. The van der Waals surface area contributed by atoms with Crippen molar-refractivity contribution in [2.75, 3.05) is 0 Å². The number of carboxylic acids is 2. The van der Waals surface area contributed by atoms with E-state index in [0.29, 0.717) is 11.1 Å². The molecule has 2 rings (SSSR count). The zero-order chi connectivity index (χ0) is 29.3. The van der Waals surface area contributed by atoms with Gasteiger partial charge in [-0.25, -0.2) is 0 Å². The SMILES string of the molecule is CCCCCCCCCCCc1ccccc1C(=O)[O-].CCCCCCCCCCCc1ccccc1C(=O)[O-].[Zn+2]. The molecule has 0 saturated carbocycles. The van der Waals surface area contributed by atoms with Crippen LogP contribution in [-0.2, 0) is 32.3 Å². The van der Waals surface area contributed by atoms with E-state index in [9.17, 15) is 19.8 Å². The molecule has 0 fully saturated rings. The van der Waals surface area contributed by atoms with Gasteiger partial charge in [-0.15, -0.1) is 0 Å². The molecule has 0 spiro atoms. The van der Waals surface area contributed by atoms with Crippen molar-refractivity contribution in [1.29, 1.82) is 0 Å². The van der Waals surface area contributed by atoms with Crippen molar-refractivity contribution in [2.24, 2.45) is 0 Å². The zero-order valence-corrected chi connectivity index (χ0v) is 29.1. The fraction of sp³-hybridized carbons (Fsp3) is 0.611. The van der Waals surface area contributed by atoms with Gasteiger partial charge in [0.05, 0.1) is 11.9 Å². The van der Waals surface area contributed by atoms with Crippen molar-refractivity contribution < 1.29 is 39.3 Å². The Bertz CT molecular complexity index is 852. The third kappa shape index (κ3) is 19.7. The first-order chi connectivity index (χ1) is 19.5. The third-order valence-electron chi connectivity index (χ3n) is 7.57. The average Bonchev–Trinajstić information content (AvgIpc) is 2.96. The van der Waals surface area contributed by atoms with Crippen molar-refractivity contribution >= 4 is 11.9 Å². The van der Waals surface area contributed by atoms with Crippen LogP contribution in [0, 0.1) is 0 Å². The number of rotatable bonds is 22. The van der Waals surface area contributed by atoms with Gasteiger partial charge in [0.15, 0.2) is 0 Å². The molecule has 0 saturated heterocycles. The number of carbonyl (C=O) groups excluding carboxylic acids is 2. The Kier molecular flexibility index (Phi) is 25.6. The monoisotopic (exact) mass is 614 g/mol. The second-order valence-corrected chi connectivity index (χ2v) is 11.0. The molecule has 0 radical (unpaired) electrons. The van der Waals surface area contributed by atoms with Crippen molar-refractivity contribution in [3.8, 4) is 0 Å². The Balaban J connectivity index is 0.000000762. The standard InChI is InChI=1S/2C18H28O2.Zn/c2*1-2-3-4-5-6-7-8-9-10-13-16-14-11-12-15-17(16)18(19)20;/h2*11-12,14-15H,2-10,13H2,1H3,(H,19,20);/q;;+2/p-2. The fourth-order valence-corrected chi connectivity index (χ4v) is 5.13. The largest absolute Gasteiger partial charge is 2.00 e. The minimum Gasteiger partial charge on any atom is -0.545 e. The summed E-state index contributed by atoms with van der Waals surface area (Å²) in [7, 11) is 0. The van der Waals surface area contributed by atoms with Gasteiger partial charge < -0.3 is 19.8 Å². The maximum absolute atomic E-state index is 11.0. The molecule has 41 heavy (non-hydrogen) atoms. The van der Waals surface area contributed by atoms with Crippen LogP contribution in [0.2, 0.25) is 0 Å². The molecule has 4 nitrogen and oxygen atoms in total. The predicted octanol–water partition coefficient (Wildman–Crippen LogP) is 8.24. The van der Waals surface area contributed by atoms with E-state index in [1.165, 1.54) is 103 Å². The summed E-state index contributed by atoms with van der Waals surface area (Å²) in [4.78, 5) is 21.9. The van der Waals surface area contributed by atoms with E-state index in [0.717, 1.165) is 36.8 Å². The van der Waals surface area contributed by atoms with Gasteiger partial charge in [0.25, 0.3) is 0 Å². The molecule has 0 heterocycles. The summed E-state index contributed by atoms with van der Waals surface area (Å²) < 4.78 is 0. The normalized spacial score (nSPS) is 10.4. The molecule has 2 aromatic carbocycles. The third-order valence-corrected chi connectivity index (χ3v) is 7.57. The summed E-state index contributed by atoms with van der Waals surface area (Å²) in [6.45, 7) is 4.48. The van der Waals surface area contributed by atoms with Crippen LogP contribution < -0.4 is 10.2 Å². The van der Waals surface area contributed by atoms with E-state index in [1.807, 2.05) is 24.3 Å². The summed E-state index contributed by atoms with van der Waals surface area (Å²) in [5.74, 6) is -2.12. The zero-order valence-electron chi connectivity index (χ0n) is 26.1. The van der Waals surface area contributed by atoms with Gasteiger partial charge in [-0.05, 0) is 36.8 Å². The summed E-state index contributed by atoms with van der Waals surface area (Å²) in [5, 5.41) is 21.9. The molecule has 0 amide bonds. The summed E-state index contributed by atoms with van der Waals surface area (Å²) in [6.07, 6.45) is 24.8. The molecule has 0 bridgehead atoms. The van der Waals surface area contributed by atoms with Crippen LogP contribution in [0.25, 0.3) is 0 Å². The molecule has 224 valence electrons. The van der Waals surface area contributed by atoms with Gasteiger partial charge in [0, 0.05) is 11.1 Å². The maximum atomic E-state index is 11.0. The smallest absolute Gasteiger partial charge is 0.545 e. The molecular formula is C36H54O4Zn. The van der Waals surface area contributed by atoms with E-state index < -0.39 is 11.9 Å². The van der Waals surface area contributed by atoms with Crippen LogP contribution in [0.5, 0.6) is 0 Å². The summed E-state index contributed by atoms with van der Waals surface area (Å²) >= 11 is 0. The minimum absolute atomic E-state index is 0. The molecule has 0 aromatic heterocycles. The van der Waals surface area contributed by atoms with Gasteiger partial charge >= 0.3 is 19.5 Å². The Morgan fingerprint density at radius 2 is 0.732 bits per heavy atom. The number of benzene rings is 2. The van der Waals surface area contributed by atoms with Crippen molar-refractivity contribution in [3.63, 3.8) is 0 Å². The van der Waals surface area contributed by atoms with Crippen molar-refractivity contribution in [3.05, 3.63) is 70.8 Å². The molecule has 0 aliphatic rings. The molecule has 0 aliphatic carbocycles. The Morgan fingerprint density at radius 3 is 1.02 bits per heavy atom. The first kappa shape index (κ1) is 39.0. The Labute approximate surface area is 263 Å². The van der Waals surface area contributed by atoms with E-state index in [2.05, 4.69) is 13.8 Å². The molecular weight excluding hydrogens is 562 g/mol. The number of carboxylic acid groups (broad SMARTS) is 2. The van der Waals surface area contributed by atoms with Gasteiger partial charge in [-0.3, -0.25) is 0 Å². The molecule has 0 N–H and O–H groups in total. The number of aromatic carboxylic acids is 2. The van der Waals surface area contributed by atoms with Crippen molar-refractivity contribution in [2.45, 2.75) is 142 Å². The molecule has 2 aromatic rings. The molecule has 0 unspecified atom stereocenters. The second-order valence-electron chi connectivity index (χ2n) is 11.0. The van der Waals surface area contributed by atoms with Crippen LogP contribution in [-0.4, -0.2) is 11.9 Å².